The van der Waals surface area contributed by atoms with Crippen LogP contribution in [-0.2, 0) is 11.8 Å². The first-order valence-corrected chi connectivity index (χ1v) is 5.09. The van der Waals surface area contributed by atoms with E-state index in [-0.39, 0.29) is 0 Å². The van der Waals surface area contributed by atoms with Crippen molar-refractivity contribution in [3.8, 4) is 5.75 Å². The van der Waals surface area contributed by atoms with Crippen LogP contribution in [0.5, 0.6) is 5.75 Å². The minimum Gasteiger partial charge on any atom is -0.497 e. The third kappa shape index (κ3) is 1.85. The number of carboxylic acids is 1. The number of hydrogen-bond acceptors (Lipinski definition) is 3. The Balaban J connectivity index is 2.60. The van der Waals surface area contributed by atoms with Gasteiger partial charge < -0.3 is 19.5 Å². The monoisotopic (exact) mass is 235 g/mol. The van der Waals surface area contributed by atoms with Gasteiger partial charge in [-0.25, -0.2) is 4.79 Å². The third-order valence-electron chi connectivity index (χ3n) is 2.80. The van der Waals surface area contributed by atoms with Gasteiger partial charge in [0, 0.05) is 18.5 Å². The lowest BCUT2D eigenvalue weighted by Crippen LogP contribution is -2.13. The molecule has 0 aliphatic carbocycles. The summed E-state index contributed by atoms with van der Waals surface area (Å²) in [5.41, 5.74) is 1.17. The predicted molar refractivity (Wildman–Crippen MR) is 62.1 cm³/mol. The second-order valence-electron chi connectivity index (χ2n) is 3.79. The van der Waals surface area contributed by atoms with Gasteiger partial charge in [-0.1, -0.05) is 0 Å². The molecule has 1 aromatic heterocycles. The zero-order valence-corrected chi connectivity index (χ0v) is 9.54. The van der Waals surface area contributed by atoms with Gasteiger partial charge in [0.15, 0.2) is 6.10 Å². The summed E-state index contributed by atoms with van der Waals surface area (Å²) in [5.74, 6) is -0.571. The number of aliphatic carboxylic acids is 1. The number of aromatic nitrogens is 1. The van der Waals surface area contributed by atoms with Crippen LogP contribution in [0.2, 0.25) is 0 Å². The van der Waals surface area contributed by atoms with Crippen molar-refractivity contribution < 1.29 is 19.7 Å². The SMILES string of the molecule is COc1ccc2cc(C(O)C(=O)O)n(C)c2c1. The van der Waals surface area contributed by atoms with Crippen molar-refractivity contribution in [1.82, 2.24) is 4.57 Å². The number of aliphatic hydroxyl groups is 1. The van der Waals surface area contributed by atoms with Crippen LogP contribution in [0.15, 0.2) is 24.3 Å². The molecule has 0 bridgehead atoms. The molecule has 0 saturated carbocycles. The lowest BCUT2D eigenvalue weighted by molar-refractivity contribution is -0.147. The number of methoxy groups -OCH3 is 1. The summed E-state index contributed by atoms with van der Waals surface area (Å²) in [5, 5.41) is 19.2. The first-order valence-electron chi connectivity index (χ1n) is 5.09. The van der Waals surface area contributed by atoms with Crippen molar-refractivity contribution in [3.63, 3.8) is 0 Å². The number of ether oxygens (including phenoxy) is 1. The first kappa shape index (κ1) is 11.5. The Morgan fingerprint density at radius 3 is 2.71 bits per heavy atom. The molecule has 5 nitrogen and oxygen atoms in total. The van der Waals surface area contributed by atoms with Gasteiger partial charge in [0.1, 0.15) is 5.75 Å². The van der Waals surface area contributed by atoms with Gasteiger partial charge in [-0.05, 0) is 18.2 Å². The topological polar surface area (TPSA) is 71.7 Å². The van der Waals surface area contributed by atoms with Crippen molar-refractivity contribution in [3.05, 3.63) is 30.0 Å². The van der Waals surface area contributed by atoms with Crippen LogP contribution in [0, 0.1) is 0 Å². The van der Waals surface area contributed by atoms with Gasteiger partial charge in [-0.3, -0.25) is 0 Å². The van der Waals surface area contributed by atoms with Gasteiger partial charge in [0.25, 0.3) is 0 Å². The molecule has 0 saturated heterocycles. The standard InChI is InChI=1S/C12H13NO4/c1-13-9-6-8(17-2)4-3-7(9)5-10(13)11(14)12(15)16/h3-6,11,14H,1-2H3,(H,15,16). The average Bonchev–Trinajstić information content (AvgIpc) is 2.65. The molecule has 1 unspecified atom stereocenters. The predicted octanol–water partition coefficient (Wildman–Crippen LogP) is 1.30. The van der Waals surface area contributed by atoms with E-state index in [1.165, 1.54) is 0 Å². The number of rotatable bonds is 3. The molecule has 90 valence electrons. The van der Waals surface area contributed by atoms with Gasteiger partial charge in [-0.2, -0.15) is 0 Å². The second-order valence-corrected chi connectivity index (χ2v) is 3.79. The van der Waals surface area contributed by atoms with Gasteiger partial charge in [0.2, 0.25) is 0 Å². The van der Waals surface area contributed by atoms with E-state index in [0.29, 0.717) is 11.4 Å². The maximum atomic E-state index is 10.8. The molecule has 0 fully saturated rings. The van der Waals surface area contributed by atoms with Crippen LogP contribution in [0.25, 0.3) is 10.9 Å². The van der Waals surface area contributed by atoms with Crippen LogP contribution in [-0.4, -0.2) is 27.9 Å². The van der Waals surface area contributed by atoms with Crippen molar-refractivity contribution >= 4 is 16.9 Å². The van der Waals surface area contributed by atoms with Crippen molar-refractivity contribution in [2.24, 2.45) is 7.05 Å². The summed E-state index contributed by atoms with van der Waals surface area (Å²) >= 11 is 0. The lowest BCUT2D eigenvalue weighted by Gasteiger charge is -2.07. The highest BCUT2D eigenvalue weighted by molar-refractivity contribution is 5.85. The maximum absolute atomic E-state index is 10.8. The zero-order valence-electron chi connectivity index (χ0n) is 9.54. The number of fused-ring (bicyclic) bond motifs is 1. The number of aliphatic hydroxyl groups excluding tert-OH is 1. The number of benzene rings is 1. The van der Waals surface area contributed by atoms with E-state index in [0.717, 1.165) is 10.9 Å². The quantitative estimate of drug-likeness (QED) is 0.841. The molecule has 1 aromatic carbocycles. The van der Waals surface area contributed by atoms with E-state index >= 15 is 0 Å². The molecule has 5 heteroatoms. The van der Waals surface area contributed by atoms with E-state index in [1.54, 1.807) is 36.9 Å². The summed E-state index contributed by atoms with van der Waals surface area (Å²) < 4.78 is 6.75. The number of aryl methyl sites for hydroxylation is 1. The molecular weight excluding hydrogens is 222 g/mol. The summed E-state index contributed by atoms with van der Waals surface area (Å²) in [6.45, 7) is 0. The number of carboxylic acid groups (broad SMARTS) is 1. The lowest BCUT2D eigenvalue weighted by atomic mass is 10.2. The maximum Gasteiger partial charge on any atom is 0.338 e. The molecule has 2 aromatic rings. The Kier molecular flexibility index (Phi) is 2.77. The fourth-order valence-electron chi connectivity index (χ4n) is 1.85. The van der Waals surface area contributed by atoms with E-state index in [1.807, 2.05) is 6.07 Å². The van der Waals surface area contributed by atoms with Crippen LogP contribution >= 0.6 is 0 Å². The minimum absolute atomic E-state index is 0.348. The van der Waals surface area contributed by atoms with Crippen molar-refractivity contribution in [1.29, 1.82) is 0 Å². The van der Waals surface area contributed by atoms with E-state index in [4.69, 9.17) is 9.84 Å². The Morgan fingerprint density at radius 1 is 1.41 bits per heavy atom. The molecule has 2 N–H and O–H groups in total. The van der Waals surface area contributed by atoms with Crippen LogP contribution in [0.4, 0.5) is 0 Å². The van der Waals surface area contributed by atoms with E-state index in [9.17, 15) is 9.90 Å². The molecule has 17 heavy (non-hydrogen) atoms. The highest BCUT2D eigenvalue weighted by Crippen LogP contribution is 2.26. The molecule has 2 rings (SSSR count). The minimum atomic E-state index is -1.52. The molecule has 0 amide bonds. The van der Waals surface area contributed by atoms with Gasteiger partial charge in [-0.15, -0.1) is 0 Å². The van der Waals surface area contributed by atoms with Crippen molar-refractivity contribution in [2.45, 2.75) is 6.10 Å². The van der Waals surface area contributed by atoms with Gasteiger partial charge in [0.05, 0.1) is 18.3 Å². The normalized spacial score (nSPS) is 12.6. The Morgan fingerprint density at radius 2 is 2.12 bits per heavy atom. The largest absolute Gasteiger partial charge is 0.497 e. The summed E-state index contributed by atoms with van der Waals surface area (Å²) in [4.78, 5) is 10.8. The van der Waals surface area contributed by atoms with Crippen LogP contribution < -0.4 is 4.74 Å². The second kappa shape index (κ2) is 4.10. The number of nitrogens with zero attached hydrogens (tertiary/aromatic N) is 1. The Hall–Kier alpha value is -2.01. The molecule has 1 heterocycles. The molecular formula is C12H13NO4. The van der Waals surface area contributed by atoms with Crippen LogP contribution in [0.3, 0.4) is 0 Å². The summed E-state index contributed by atoms with van der Waals surface area (Å²) in [6.07, 6.45) is -1.52. The van der Waals surface area contributed by atoms with E-state index in [2.05, 4.69) is 0 Å². The zero-order chi connectivity index (χ0) is 12.6. The smallest absolute Gasteiger partial charge is 0.338 e. The average molecular weight is 235 g/mol. The fraction of sp³-hybridized carbons (Fsp3) is 0.250. The number of hydrogen-bond donors (Lipinski definition) is 2. The number of carbonyl (C=O) groups is 1. The molecule has 0 aliphatic heterocycles. The highest BCUT2D eigenvalue weighted by Gasteiger charge is 2.20. The Labute approximate surface area is 97.9 Å². The molecule has 0 spiro atoms. The van der Waals surface area contributed by atoms with Crippen molar-refractivity contribution in [2.75, 3.05) is 7.11 Å². The fourth-order valence-corrected chi connectivity index (χ4v) is 1.85. The summed E-state index contributed by atoms with van der Waals surface area (Å²) in [6, 6.07) is 7.08. The first-order chi connectivity index (χ1) is 8.04. The van der Waals surface area contributed by atoms with Crippen LogP contribution in [0.1, 0.15) is 11.8 Å². The third-order valence-corrected chi connectivity index (χ3v) is 2.80. The molecule has 0 radical (unpaired) electrons. The highest BCUT2D eigenvalue weighted by atomic mass is 16.5. The molecule has 0 aliphatic rings. The molecule has 1 atom stereocenters. The van der Waals surface area contributed by atoms with E-state index < -0.39 is 12.1 Å². The summed E-state index contributed by atoms with van der Waals surface area (Å²) in [7, 11) is 3.28. The Bertz CT molecular complexity index is 573. The van der Waals surface area contributed by atoms with Gasteiger partial charge >= 0.3 is 5.97 Å².